The molecule has 0 saturated heterocycles. The van der Waals surface area contributed by atoms with E-state index in [1.54, 1.807) is 36.2 Å². The predicted octanol–water partition coefficient (Wildman–Crippen LogP) is 3.81. The van der Waals surface area contributed by atoms with Crippen LogP contribution in [0, 0.1) is 0 Å². The first-order valence-corrected chi connectivity index (χ1v) is 8.49. The first-order valence-electron chi connectivity index (χ1n) is 7.26. The van der Waals surface area contributed by atoms with E-state index in [1.807, 2.05) is 30.5 Å². The molecule has 3 rings (SSSR count). The number of anilines is 1. The van der Waals surface area contributed by atoms with Gasteiger partial charge in [-0.2, -0.15) is 0 Å². The van der Waals surface area contributed by atoms with Crippen molar-refractivity contribution in [1.82, 2.24) is 5.16 Å². The van der Waals surface area contributed by atoms with Gasteiger partial charge in [0.2, 0.25) is 11.7 Å². The number of hydrogen-bond donors (Lipinski definition) is 1. The standard InChI is InChI=1S/C17H16N2O4S/c1-24-16-7-3-2-5-13(16)18-17(20)11-21-10-12-9-15(23-19-12)14-6-4-8-22-14/h2-9H,10-11H2,1H3,(H,18,20). The Balaban J connectivity index is 1.49. The first kappa shape index (κ1) is 16.4. The number of rotatable bonds is 7. The van der Waals surface area contributed by atoms with Crippen molar-refractivity contribution in [2.75, 3.05) is 18.2 Å². The summed E-state index contributed by atoms with van der Waals surface area (Å²) in [5.41, 5.74) is 1.37. The van der Waals surface area contributed by atoms with E-state index < -0.39 is 0 Å². The van der Waals surface area contributed by atoms with Gasteiger partial charge in [0.05, 0.1) is 18.6 Å². The second-order valence-electron chi connectivity index (χ2n) is 4.90. The SMILES string of the molecule is CSc1ccccc1NC(=O)COCc1cc(-c2ccco2)on1. The second kappa shape index (κ2) is 7.85. The van der Waals surface area contributed by atoms with Crippen molar-refractivity contribution >= 4 is 23.4 Å². The number of benzene rings is 1. The topological polar surface area (TPSA) is 77.5 Å². The van der Waals surface area contributed by atoms with Gasteiger partial charge < -0.3 is 19.0 Å². The zero-order valence-corrected chi connectivity index (χ0v) is 13.8. The molecule has 0 spiro atoms. The van der Waals surface area contributed by atoms with E-state index in [4.69, 9.17) is 13.7 Å². The number of para-hydroxylation sites is 1. The van der Waals surface area contributed by atoms with Gasteiger partial charge in [0.15, 0.2) is 5.76 Å². The lowest BCUT2D eigenvalue weighted by Gasteiger charge is -2.09. The highest BCUT2D eigenvalue weighted by molar-refractivity contribution is 7.98. The van der Waals surface area contributed by atoms with Crippen molar-refractivity contribution in [3.05, 3.63) is 54.4 Å². The number of nitrogens with zero attached hydrogens (tertiary/aromatic N) is 1. The van der Waals surface area contributed by atoms with Gasteiger partial charge in [0.25, 0.3) is 0 Å². The quantitative estimate of drug-likeness (QED) is 0.657. The number of thioether (sulfide) groups is 1. The normalized spacial score (nSPS) is 10.7. The van der Waals surface area contributed by atoms with Gasteiger partial charge in [-0.1, -0.05) is 17.3 Å². The molecule has 0 aliphatic heterocycles. The Kier molecular flexibility index (Phi) is 5.35. The van der Waals surface area contributed by atoms with Gasteiger partial charge in [0.1, 0.15) is 12.3 Å². The van der Waals surface area contributed by atoms with Crippen molar-refractivity contribution in [2.24, 2.45) is 0 Å². The summed E-state index contributed by atoms with van der Waals surface area (Å²) in [6.45, 7) is 0.119. The van der Waals surface area contributed by atoms with Crippen LogP contribution in [0.5, 0.6) is 0 Å². The summed E-state index contributed by atoms with van der Waals surface area (Å²) in [7, 11) is 0. The van der Waals surface area contributed by atoms with Crippen LogP contribution in [0.4, 0.5) is 5.69 Å². The molecule has 0 radical (unpaired) electrons. The molecule has 0 aliphatic carbocycles. The van der Waals surface area contributed by atoms with E-state index in [-0.39, 0.29) is 19.1 Å². The molecular formula is C17H16N2O4S. The Morgan fingerprint density at radius 1 is 1.25 bits per heavy atom. The lowest BCUT2D eigenvalue weighted by molar-refractivity contribution is -0.121. The summed E-state index contributed by atoms with van der Waals surface area (Å²) < 4.78 is 15.8. The molecule has 0 atom stereocenters. The maximum Gasteiger partial charge on any atom is 0.250 e. The molecule has 124 valence electrons. The molecule has 0 unspecified atom stereocenters. The van der Waals surface area contributed by atoms with Crippen LogP contribution in [-0.2, 0) is 16.1 Å². The minimum atomic E-state index is -0.216. The average molecular weight is 344 g/mol. The van der Waals surface area contributed by atoms with Gasteiger partial charge in [-0.3, -0.25) is 4.79 Å². The highest BCUT2D eigenvalue weighted by Crippen LogP contribution is 2.24. The zero-order valence-electron chi connectivity index (χ0n) is 13.0. The van der Waals surface area contributed by atoms with Gasteiger partial charge in [-0.15, -0.1) is 11.8 Å². The van der Waals surface area contributed by atoms with E-state index in [0.717, 1.165) is 10.6 Å². The molecule has 6 nitrogen and oxygen atoms in total. The number of ether oxygens (including phenoxy) is 1. The lowest BCUT2D eigenvalue weighted by atomic mass is 10.3. The first-order chi connectivity index (χ1) is 11.8. The van der Waals surface area contributed by atoms with Crippen LogP contribution < -0.4 is 5.32 Å². The zero-order chi connectivity index (χ0) is 16.8. The van der Waals surface area contributed by atoms with Crippen molar-refractivity contribution in [1.29, 1.82) is 0 Å². The fourth-order valence-electron chi connectivity index (χ4n) is 2.10. The maximum absolute atomic E-state index is 12.0. The van der Waals surface area contributed by atoms with Gasteiger partial charge >= 0.3 is 0 Å². The van der Waals surface area contributed by atoms with Crippen molar-refractivity contribution in [3.63, 3.8) is 0 Å². The summed E-state index contributed by atoms with van der Waals surface area (Å²) in [6.07, 6.45) is 3.52. The van der Waals surface area contributed by atoms with E-state index in [0.29, 0.717) is 17.2 Å². The van der Waals surface area contributed by atoms with E-state index in [9.17, 15) is 4.79 Å². The number of aromatic nitrogens is 1. The fraction of sp³-hybridized carbons (Fsp3) is 0.176. The van der Waals surface area contributed by atoms with Crippen LogP contribution in [0.25, 0.3) is 11.5 Å². The molecule has 2 aromatic heterocycles. The average Bonchev–Trinajstić information content (AvgIpc) is 3.26. The van der Waals surface area contributed by atoms with Crippen LogP contribution in [-0.4, -0.2) is 23.9 Å². The summed E-state index contributed by atoms with van der Waals surface area (Å²) in [6, 6.07) is 12.9. The number of hydrogen-bond acceptors (Lipinski definition) is 6. The third-order valence-corrected chi connectivity index (χ3v) is 3.98. The number of amides is 1. The molecule has 1 N–H and O–H groups in total. The van der Waals surface area contributed by atoms with E-state index in [1.165, 1.54) is 0 Å². The molecule has 3 aromatic rings. The Bertz CT molecular complexity index is 799. The fourth-order valence-corrected chi connectivity index (χ4v) is 2.65. The summed E-state index contributed by atoms with van der Waals surface area (Å²) in [5.74, 6) is 0.906. The molecular weight excluding hydrogens is 328 g/mol. The number of carbonyl (C=O) groups is 1. The minimum Gasteiger partial charge on any atom is -0.461 e. The highest BCUT2D eigenvalue weighted by Gasteiger charge is 2.10. The Labute approximate surface area is 143 Å². The van der Waals surface area contributed by atoms with E-state index in [2.05, 4.69) is 10.5 Å². The highest BCUT2D eigenvalue weighted by atomic mass is 32.2. The van der Waals surface area contributed by atoms with Crippen LogP contribution >= 0.6 is 11.8 Å². The van der Waals surface area contributed by atoms with Crippen molar-refractivity contribution in [2.45, 2.75) is 11.5 Å². The number of furan rings is 1. The minimum absolute atomic E-state index is 0.0638. The molecule has 24 heavy (non-hydrogen) atoms. The predicted molar refractivity (Wildman–Crippen MR) is 90.7 cm³/mol. The smallest absolute Gasteiger partial charge is 0.250 e. The summed E-state index contributed by atoms with van der Waals surface area (Å²) in [5, 5.41) is 6.72. The summed E-state index contributed by atoms with van der Waals surface area (Å²) in [4.78, 5) is 13.0. The second-order valence-corrected chi connectivity index (χ2v) is 5.75. The lowest BCUT2D eigenvalue weighted by Crippen LogP contribution is -2.18. The molecule has 1 amide bonds. The number of nitrogens with one attached hydrogen (secondary N) is 1. The molecule has 0 fully saturated rings. The maximum atomic E-state index is 12.0. The molecule has 2 heterocycles. The van der Waals surface area contributed by atoms with Crippen LogP contribution in [0.1, 0.15) is 5.69 Å². The largest absolute Gasteiger partial charge is 0.461 e. The van der Waals surface area contributed by atoms with Crippen LogP contribution in [0.15, 0.2) is 62.6 Å². The molecule has 1 aromatic carbocycles. The van der Waals surface area contributed by atoms with Crippen molar-refractivity contribution < 1.29 is 18.5 Å². The summed E-state index contributed by atoms with van der Waals surface area (Å²) >= 11 is 1.57. The van der Waals surface area contributed by atoms with Gasteiger partial charge in [0, 0.05) is 11.0 Å². The molecule has 0 aliphatic rings. The van der Waals surface area contributed by atoms with Crippen LogP contribution in [0.3, 0.4) is 0 Å². The monoisotopic (exact) mass is 344 g/mol. The molecule has 0 saturated carbocycles. The third kappa shape index (κ3) is 4.06. The van der Waals surface area contributed by atoms with E-state index >= 15 is 0 Å². The van der Waals surface area contributed by atoms with Crippen molar-refractivity contribution in [3.8, 4) is 11.5 Å². The number of carbonyl (C=O) groups excluding carboxylic acids is 1. The van der Waals surface area contributed by atoms with Gasteiger partial charge in [-0.25, -0.2) is 0 Å². The third-order valence-electron chi connectivity index (χ3n) is 3.19. The Hall–Kier alpha value is -2.51. The van der Waals surface area contributed by atoms with Crippen LogP contribution in [0.2, 0.25) is 0 Å². The molecule has 0 bridgehead atoms. The Morgan fingerprint density at radius 3 is 2.92 bits per heavy atom. The molecule has 7 heteroatoms. The van der Waals surface area contributed by atoms with Gasteiger partial charge in [-0.05, 0) is 30.5 Å². The Morgan fingerprint density at radius 2 is 2.12 bits per heavy atom.